The number of aromatic nitrogens is 6. The third-order valence-electron chi connectivity index (χ3n) is 8.55. The Bertz CT molecular complexity index is 1760. The van der Waals surface area contributed by atoms with E-state index in [2.05, 4.69) is 46.3 Å². The predicted molar refractivity (Wildman–Crippen MR) is 155 cm³/mol. The van der Waals surface area contributed by atoms with Gasteiger partial charge in [0.25, 0.3) is 0 Å². The molecular formula is C29H28BrFN8O3. The zero-order valence-corrected chi connectivity index (χ0v) is 25.0. The minimum Gasteiger partial charge on any atom is -0.325 e. The van der Waals surface area contributed by atoms with Gasteiger partial charge in [0.2, 0.25) is 11.8 Å². The molecule has 216 valence electrons. The molecule has 1 aliphatic carbocycles. The summed E-state index contributed by atoms with van der Waals surface area (Å²) in [5.74, 6) is -0.195. The topological polar surface area (TPSA) is 136 Å². The summed E-state index contributed by atoms with van der Waals surface area (Å²) in [5.41, 5.74) is 1.90. The van der Waals surface area contributed by atoms with Crippen LogP contribution in [0.25, 0.3) is 22.2 Å². The Morgan fingerprint density at radius 3 is 2.57 bits per heavy atom. The Balaban J connectivity index is 1.32. The minimum absolute atomic E-state index is 0.0932. The number of hydrogen-bond donors (Lipinski definition) is 1. The van der Waals surface area contributed by atoms with Crippen LogP contribution in [-0.2, 0) is 16.1 Å². The number of halogens is 2. The third-order valence-corrected chi connectivity index (χ3v) is 8.99. The fourth-order valence-corrected chi connectivity index (χ4v) is 6.44. The maximum atomic E-state index is 14.4. The number of hydrogen-bond acceptors (Lipinski definition) is 8. The van der Waals surface area contributed by atoms with Gasteiger partial charge in [0.05, 0.1) is 24.1 Å². The number of alkyl halides is 1. The fraction of sp³-hybridized carbons (Fsp3) is 0.379. The molecule has 42 heavy (non-hydrogen) atoms. The SMILES string of the molecule is CC(=O)c1nn(CC(=O)N2[C@H]3[C@@H](C)[C@@]3(CF)C[C@H]2C(=O)Nc2nc(Br)ccc2C)c2cnc(-c3cnc(C)nc3)cc12. The lowest BCUT2D eigenvalue weighted by atomic mass is 9.97. The highest BCUT2D eigenvalue weighted by molar-refractivity contribution is 9.10. The second kappa shape index (κ2) is 10.3. The number of amides is 2. The summed E-state index contributed by atoms with van der Waals surface area (Å²) in [4.78, 5) is 58.7. The van der Waals surface area contributed by atoms with E-state index >= 15 is 0 Å². The Kier molecular flexibility index (Phi) is 6.87. The lowest BCUT2D eigenvalue weighted by molar-refractivity contribution is -0.138. The minimum atomic E-state index is -0.880. The van der Waals surface area contributed by atoms with Crippen LogP contribution in [0.2, 0.25) is 0 Å². The Hall–Kier alpha value is -4.13. The van der Waals surface area contributed by atoms with Crippen LogP contribution in [0.1, 0.15) is 42.1 Å². The van der Waals surface area contributed by atoms with Crippen LogP contribution in [0.5, 0.6) is 0 Å². The van der Waals surface area contributed by atoms with E-state index in [1.165, 1.54) is 16.5 Å². The smallest absolute Gasteiger partial charge is 0.248 e. The first-order valence-corrected chi connectivity index (χ1v) is 14.3. The number of carbonyl (C=O) groups is 3. The second-order valence-electron chi connectivity index (χ2n) is 11.1. The molecule has 6 rings (SSSR count). The molecule has 4 aromatic rings. The van der Waals surface area contributed by atoms with E-state index in [9.17, 15) is 18.8 Å². The van der Waals surface area contributed by atoms with Crippen molar-refractivity contribution < 1.29 is 18.8 Å². The van der Waals surface area contributed by atoms with E-state index in [0.29, 0.717) is 38.4 Å². The summed E-state index contributed by atoms with van der Waals surface area (Å²) >= 11 is 3.32. The van der Waals surface area contributed by atoms with E-state index in [1.807, 2.05) is 19.9 Å². The molecule has 2 amide bonds. The van der Waals surface area contributed by atoms with Crippen molar-refractivity contribution in [3.05, 3.63) is 58.5 Å². The van der Waals surface area contributed by atoms with Gasteiger partial charge in [-0.15, -0.1) is 0 Å². The van der Waals surface area contributed by atoms with E-state index in [0.717, 1.165) is 5.56 Å². The van der Waals surface area contributed by atoms with Crippen molar-refractivity contribution in [2.75, 3.05) is 12.0 Å². The van der Waals surface area contributed by atoms with Crippen LogP contribution >= 0.6 is 15.9 Å². The van der Waals surface area contributed by atoms with Crippen LogP contribution in [0, 0.1) is 25.2 Å². The molecule has 0 spiro atoms. The number of fused-ring (bicyclic) bond motifs is 2. The van der Waals surface area contributed by atoms with Crippen molar-refractivity contribution in [1.29, 1.82) is 0 Å². The van der Waals surface area contributed by atoms with Gasteiger partial charge >= 0.3 is 0 Å². The molecule has 13 heteroatoms. The summed E-state index contributed by atoms with van der Waals surface area (Å²) in [6.45, 7) is 6.02. The molecule has 11 nitrogen and oxygen atoms in total. The molecule has 4 atom stereocenters. The summed E-state index contributed by atoms with van der Waals surface area (Å²) in [6, 6.07) is 4.01. The largest absolute Gasteiger partial charge is 0.325 e. The molecule has 1 saturated heterocycles. The number of piperidine rings is 1. The van der Waals surface area contributed by atoms with Gasteiger partial charge in [0.1, 0.15) is 34.5 Å². The third kappa shape index (κ3) is 4.55. The number of carbonyl (C=O) groups excluding carboxylic acids is 3. The van der Waals surface area contributed by atoms with Crippen molar-refractivity contribution in [2.45, 2.75) is 52.7 Å². The van der Waals surface area contributed by atoms with E-state index < -0.39 is 36.0 Å². The standard InChI is InChI=1S/C29H28BrFN8O3/c1-14-5-6-23(30)35-27(14)36-28(42)21-8-29(13-31)15(2)26(29)39(21)24(41)12-38-22-11-34-20(18-9-32-17(4)33-10-18)7-19(22)25(37-38)16(3)40/h5-7,9-11,15,21,26H,8,12-13H2,1-4H3,(H,35,36,42)/t15-,21+,26+,29+/m1/s1. The number of Topliss-reactive ketones (excluding diaryl/α,β-unsaturated/α-hetero) is 1. The van der Waals surface area contributed by atoms with Gasteiger partial charge < -0.3 is 10.2 Å². The van der Waals surface area contributed by atoms with Crippen LogP contribution in [-0.4, -0.2) is 71.0 Å². The van der Waals surface area contributed by atoms with Gasteiger partial charge in [-0.2, -0.15) is 5.10 Å². The van der Waals surface area contributed by atoms with Crippen LogP contribution in [0.15, 0.2) is 41.4 Å². The Morgan fingerprint density at radius 2 is 1.88 bits per heavy atom. The highest BCUT2D eigenvalue weighted by atomic mass is 79.9. The molecule has 0 aromatic carbocycles. The summed E-state index contributed by atoms with van der Waals surface area (Å²) in [7, 11) is 0. The number of nitrogens with one attached hydrogen (secondary N) is 1. The maximum absolute atomic E-state index is 14.4. The quantitative estimate of drug-likeness (QED) is 0.237. The molecule has 1 saturated carbocycles. The molecule has 2 aliphatic rings. The van der Waals surface area contributed by atoms with E-state index in [1.54, 1.807) is 37.6 Å². The summed E-state index contributed by atoms with van der Waals surface area (Å²) in [6.07, 6.45) is 5.06. The molecule has 0 bridgehead atoms. The van der Waals surface area contributed by atoms with Crippen molar-refractivity contribution in [3.63, 3.8) is 0 Å². The molecule has 4 aromatic heterocycles. The molecule has 1 N–H and O–H groups in total. The average Bonchev–Trinajstić information content (AvgIpc) is 3.25. The van der Waals surface area contributed by atoms with Gasteiger partial charge in [0.15, 0.2) is 5.78 Å². The highest BCUT2D eigenvalue weighted by Gasteiger charge is 2.72. The highest BCUT2D eigenvalue weighted by Crippen LogP contribution is 2.64. The fourth-order valence-electron chi connectivity index (χ4n) is 6.13. The summed E-state index contributed by atoms with van der Waals surface area (Å²) in [5, 5.41) is 7.82. The molecule has 5 heterocycles. The number of nitrogens with zero attached hydrogens (tertiary/aromatic N) is 7. The molecule has 2 fully saturated rings. The molecule has 1 aliphatic heterocycles. The first-order chi connectivity index (χ1) is 20.0. The van der Waals surface area contributed by atoms with Crippen molar-refractivity contribution in [3.8, 4) is 11.3 Å². The van der Waals surface area contributed by atoms with Gasteiger partial charge in [-0.1, -0.05) is 13.0 Å². The Morgan fingerprint density at radius 1 is 1.14 bits per heavy atom. The van der Waals surface area contributed by atoms with Crippen molar-refractivity contribution in [2.24, 2.45) is 11.3 Å². The molecular weight excluding hydrogens is 607 g/mol. The second-order valence-corrected chi connectivity index (χ2v) is 11.9. The van der Waals surface area contributed by atoms with Crippen molar-refractivity contribution in [1.82, 2.24) is 34.6 Å². The molecule has 0 unspecified atom stereocenters. The Labute approximate surface area is 249 Å². The van der Waals surface area contributed by atoms with Crippen LogP contribution in [0.4, 0.5) is 10.2 Å². The predicted octanol–water partition coefficient (Wildman–Crippen LogP) is 4.08. The van der Waals surface area contributed by atoms with Gasteiger partial charge in [-0.3, -0.25) is 28.4 Å². The number of likely N-dealkylation sites (tertiary alicyclic amines) is 1. The number of aryl methyl sites for hydroxylation is 2. The van der Waals surface area contributed by atoms with Gasteiger partial charge in [-0.05, 0) is 59.8 Å². The van der Waals surface area contributed by atoms with Crippen molar-refractivity contribution >= 4 is 50.2 Å². The number of rotatable bonds is 7. The normalized spacial score (nSPS) is 22.7. The first-order valence-electron chi connectivity index (χ1n) is 13.5. The van der Waals surface area contributed by atoms with Crippen LogP contribution in [0.3, 0.4) is 0 Å². The first kappa shape index (κ1) is 28.0. The number of anilines is 1. The zero-order valence-electron chi connectivity index (χ0n) is 23.4. The monoisotopic (exact) mass is 634 g/mol. The van der Waals surface area contributed by atoms with E-state index in [4.69, 9.17) is 0 Å². The zero-order chi connectivity index (χ0) is 29.9. The molecule has 0 radical (unpaired) electrons. The lowest BCUT2D eigenvalue weighted by Crippen LogP contribution is -2.47. The van der Waals surface area contributed by atoms with Gasteiger partial charge in [0, 0.05) is 41.7 Å². The summed E-state index contributed by atoms with van der Waals surface area (Å²) < 4.78 is 16.3. The van der Waals surface area contributed by atoms with Gasteiger partial charge in [-0.25, -0.2) is 15.0 Å². The van der Waals surface area contributed by atoms with Crippen LogP contribution < -0.4 is 5.32 Å². The lowest BCUT2D eigenvalue weighted by Gasteiger charge is -2.28. The maximum Gasteiger partial charge on any atom is 0.248 e. The average molecular weight is 635 g/mol. The number of ketones is 1. The van der Waals surface area contributed by atoms with E-state index in [-0.39, 0.29) is 30.4 Å². The number of pyridine rings is 2.